The van der Waals surface area contributed by atoms with E-state index < -0.39 is 0 Å². The van der Waals surface area contributed by atoms with E-state index >= 15 is 0 Å². The van der Waals surface area contributed by atoms with Gasteiger partial charge in [0.2, 0.25) is 0 Å². The third-order valence-corrected chi connectivity index (χ3v) is 3.16. The minimum Gasteiger partial charge on any atom is -0.344 e. The molecule has 0 unspecified atom stereocenters. The molecule has 22 heavy (non-hydrogen) atoms. The Morgan fingerprint density at radius 2 is 1.68 bits per heavy atom. The Kier molecular flexibility index (Phi) is 6.41. The Labute approximate surface area is 135 Å². The van der Waals surface area contributed by atoms with Crippen LogP contribution in [0.5, 0.6) is 0 Å². The molecule has 0 radical (unpaired) electrons. The fourth-order valence-corrected chi connectivity index (χ4v) is 1.99. The summed E-state index contributed by atoms with van der Waals surface area (Å²) in [6.45, 7) is 17.3. The zero-order chi connectivity index (χ0) is 16.8. The van der Waals surface area contributed by atoms with Gasteiger partial charge in [0.15, 0.2) is 0 Å². The second kappa shape index (κ2) is 7.83. The van der Waals surface area contributed by atoms with Gasteiger partial charge in [-0.15, -0.1) is 0 Å². The zero-order valence-electron chi connectivity index (χ0n) is 14.7. The topological polar surface area (TPSA) is 36.4 Å². The first-order chi connectivity index (χ1) is 10.3. The van der Waals surface area contributed by atoms with E-state index in [4.69, 9.17) is 0 Å². The van der Waals surface area contributed by atoms with Gasteiger partial charge in [0.25, 0.3) is 0 Å². The molecule has 1 aromatic carbocycles. The smallest absolute Gasteiger partial charge is 0.0999 e. The van der Waals surface area contributed by atoms with Crippen LogP contribution >= 0.6 is 0 Å². The maximum absolute atomic E-state index is 4.55. The predicted octanol–water partition coefficient (Wildman–Crippen LogP) is 4.88. The van der Waals surface area contributed by atoms with Crippen LogP contribution in [0.2, 0.25) is 0 Å². The Bertz CT molecular complexity index is 557. The zero-order valence-corrected chi connectivity index (χ0v) is 14.7. The van der Waals surface area contributed by atoms with E-state index in [1.54, 1.807) is 0 Å². The molecule has 0 amide bonds. The standard InChI is InChI=1S/C17H23N3.C2H6/c1-12-6-8-14(9-7-12)19-13(2)20-15-10-16(18-11-15)17(3,4)5;1-2/h6-10,19-20H,2,11H2,1,3-5H3;1-2H3. The lowest BCUT2D eigenvalue weighted by Gasteiger charge is -2.16. The summed E-state index contributed by atoms with van der Waals surface area (Å²) in [6.07, 6.45) is 2.11. The van der Waals surface area contributed by atoms with Gasteiger partial charge in [0, 0.05) is 22.5 Å². The van der Waals surface area contributed by atoms with Gasteiger partial charge >= 0.3 is 0 Å². The molecule has 1 heterocycles. The largest absolute Gasteiger partial charge is 0.344 e. The maximum Gasteiger partial charge on any atom is 0.0999 e. The number of aryl methyl sites for hydroxylation is 1. The highest BCUT2D eigenvalue weighted by atomic mass is 15.1. The molecule has 120 valence electrons. The summed E-state index contributed by atoms with van der Waals surface area (Å²) in [5, 5.41) is 6.54. The fraction of sp³-hybridized carbons (Fsp3) is 0.421. The second-order valence-electron chi connectivity index (χ2n) is 6.22. The highest BCUT2D eigenvalue weighted by Gasteiger charge is 2.21. The van der Waals surface area contributed by atoms with Gasteiger partial charge in [-0.2, -0.15) is 0 Å². The molecule has 0 saturated heterocycles. The molecule has 0 aromatic heterocycles. The number of hydrogen-bond donors (Lipinski definition) is 2. The molecule has 0 saturated carbocycles. The number of nitrogens with one attached hydrogen (secondary N) is 2. The van der Waals surface area contributed by atoms with Crippen LogP contribution in [0.4, 0.5) is 5.69 Å². The molecule has 1 aromatic rings. The van der Waals surface area contributed by atoms with Gasteiger partial charge < -0.3 is 10.6 Å². The first-order valence-corrected chi connectivity index (χ1v) is 7.90. The van der Waals surface area contributed by atoms with Crippen molar-refractivity contribution in [3.8, 4) is 0 Å². The highest BCUT2D eigenvalue weighted by molar-refractivity contribution is 6.01. The number of allylic oxidation sites excluding steroid dienone is 1. The highest BCUT2D eigenvalue weighted by Crippen LogP contribution is 2.21. The van der Waals surface area contributed by atoms with Crippen molar-refractivity contribution in [3.63, 3.8) is 0 Å². The second-order valence-corrected chi connectivity index (χ2v) is 6.22. The van der Waals surface area contributed by atoms with Crippen LogP contribution in [0.1, 0.15) is 40.2 Å². The summed E-state index contributed by atoms with van der Waals surface area (Å²) in [4.78, 5) is 4.55. The van der Waals surface area contributed by atoms with E-state index in [0.29, 0.717) is 6.54 Å². The van der Waals surface area contributed by atoms with Crippen molar-refractivity contribution in [1.29, 1.82) is 0 Å². The van der Waals surface area contributed by atoms with E-state index in [-0.39, 0.29) is 5.41 Å². The van der Waals surface area contributed by atoms with Gasteiger partial charge in [-0.05, 0) is 25.1 Å². The van der Waals surface area contributed by atoms with E-state index in [1.807, 2.05) is 26.0 Å². The molecule has 3 heteroatoms. The number of rotatable bonds is 4. The van der Waals surface area contributed by atoms with E-state index in [1.165, 1.54) is 5.56 Å². The Morgan fingerprint density at radius 3 is 2.18 bits per heavy atom. The third kappa shape index (κ3) is 5.40. The molecule has 1 aliphatic rings. The van der Waals surface area contributed by atoms with E-state index in [0.717, 1.165) is 22.9 Å². The lowest BCUT2D eigenvalue weighted by Crippen LogP contribution is -2.20. The van der Waals surface area contributed by atoms with Crippen molar-refractivity contribution >= 4 is 11.4 Å². The van der Waals surface area contributed by atoms with Crippen molar-refractivity contribution in [2.24, 2.45) is 10.4 Å². The molecule has 2 N–H and O–H groups in total. The first kappa shape index (κ1) is 18.0. The average molecular weight is 299 g/mol. The Morgan fingerprint density at radius 1 is 1.09 bits per heavy atom. The summed E-state index contributed by atoms with van der Waals surface area (Å²) in [5.41, 5.74) is 4.58. The molecular formula is C19H29N3. The summed E-state index contributed by atoms with van der Waals surface area (Å²) in [5.74, 6) is 0.769. The lowest BCUT2D eigenvalue weighted by atomic mass is 9.90. The predicted molar refractivity (Wildman–Crippen MR) is 98.3 cm³/mol. The van der Waals surface area contributed by atoms with Crippen molar-refractivity contribution < 1.29 is 0 Å². The molecule has 2 rings (SSSR count). The van der Waals surface area contributed by atoms with Gasteiger partial charge in [-0.1, -0.05) is 58.9 Å². The molecule has 0 fully saturated rings. The summed E-state index contributed by atoms with van der Waals surface area (Å²) in [7, 11) is 0. The normalized spacial score (nSPS) is 13.5. The minimum absolute atomic E-state index is 0.0924. The summed E-state index contributed by atoms with van der Waals surface area (Å²) < 4.78 is 0. The quantitative estimate of drug-likeness (QED) is 0.831. The first-order valence-electron chi connectivity index (χ1n) is 7.90. The van der Waals surface area contributed by atoms with Gasteiger partial charge in [0.1, 0.15) is 0 Å². The van der Waals surface area contributed by atoms with Crippen LogP contribution in [0.15, 0.2) is 53.4 Å². The number of nitrogens with zero attached hydrogens (tertiary/aromatic N) is 1. The molecule has 0 bridgehead atoms. The molecule has 3 nitrogen and oxygen atoms in total. The van der Waals surface area contributed by atoms with Gasteiger partial charge in [-0.3, -0.25) is 4.99 Å². The number of hydrogen-bond acceptors (Lipinski definition) is 3. The van der Waals surface area contributed by atoms with Crippen molar-refractivity contribution in [1.82, 2.24) is 5.32 Å². The van der Waals surface area contributed by atoms with Crippen LogP contribution in [0.25, 0.3) is 0 Å². The van der Waals surface area contributed by atoms with Crippen LogP contribution < -0.4 is 10.6 Å². The summed E-state index contributed by atoms with van der Waals surface area (Å²) >= 11 is 0. The van der Waals surface area contributed by atoms with Crippen LogP contribution in [-0.4, -0.2) is 12.3 Å². The SMILES string of the molecule is C=C(NC1=CC(C(C)(C)C)=NC1)Nc1ccc(C)cc1.CC. The number of anilines is 1. The maximum atomic E-state index is 4.55. The van der Waals surface area contributed by atoms with Crippen LogP contribution in [-0.2, 0) is 0 Å². The lowest BCUT2D eigenvalue weighted by molar-refractivity contribution is 0.594. The molecule has 0 spiro atoms. The number of benzene rings is 1. The van der Waals surface area contributed by atoms with Crippen molar-refractivity contribution in [2.75, 3.05) is 11.9 Å². The average Bonchev–Trinajstić information content (AvgIpc) is 2.92. The van der Waals surface area contributed by atoms with Gasteiger partial charge in [-0.25, -0.2) is 0 Å². The Hall–Kier alpha value is -2.03. The molecule has 0 atom stereocenters. The van der Waals surface area contributed by atoms with Crippen LogP contribution in [0, 0.1) is 12.3 Å². The van der Waals surface area contributed by atoms with Crippen molar-refractivity contribution in [2.45, 2.75) is 41.5 Å². The van der Waals surface area contributed by atoms with Crippen molar-refractivity contribution in [3.05, 3.63) is 54.0 Å². The van der Waals surface area contributed by atoms with E-state index in [9.17, 15) is 0 Å². The Balaban J connectivity index is 0.00000116. The van der Waals surface area contributed by atoms with E-state index in [2.05, 4.69) is 68.1 Å². The van der Waals surface area contributed by atoms with Crippen LogP contribution in [0.3, 0.4) is 0 Å². The molecular weight excluding hydrogens is 270 g/mol. The molecule has 0 aliphatic carbocycles. The summed E-state index contributed by atoms with van der Waals surface area (Å²) in [6, 6.07) is 8.24. The monoisotopic (exact) mass is 299 g/mol. The van der Waals surface area contributed by atoms with Gasteiger partial charge in [0.05, 0.1) is 12.4 Å². The fourth-order valence-electron chi connectivity index (χ4n) is 1.99. The molecule has 1 aliphatic heterocycles. The third-order valence-electron chi connectivity index (χ3n) is 3.16. The number of aliphatic imine (C=N–C) groups is 1. The minimum atomic E-state index is 0.0924.